The third kappa shape index (κ3) is 3.21. The van der Waals surface area contributed by atoms with E-state index in [9.17, 15) is 9.59 Å². The van der Waals surface area contributed by atoms with Crippen LogP contribution in [-0.4, -0.2) is 33.8 Å². The lowest BCUT2D eigenvalue weighted by Gasteiger charge is -2.28. The Morgan fingerprint density at radius 2 is 2.11 bits per heavy atom. The second kappa shape index (κ2) is 6.98. The molecule has 2 aromatic heterocycles. The van der Waals surface area contributed by atoms with Gasteiger partial charge in [0.05, 0.1) is 35.5 Å². The molecule has 0 saturated heterocycles. The van der Waals surface area contributed by atoms with Gasteiger partial charge in [-0.2, -0.15) is 0 Å². The number of carbonyl (C=O) groups is 1. The number of ether oxygens (including phenoxy) is 1. The van der Waals surface area contributed by atoms with Gasteiger partial charge in [-0.1, -0.05) is 11.6 Å². The van der Waals surface area contributed by atoms with Gasteiger partial charge in [-0.3, -0.25) is 14.0 Å². The van der Waals surface area contributed by atoms with E-state index in [0.717, 1.165) is 5.69 Å². The first-order valence-electron chi connectivity index (χ1n) is 8.30. The highest BCUT2D eigenvalue weighted by Gasteiger charge is 2.27. The lowest BCUT2D eigenvalue weighted by Crippen LogP contribution is -2.40. The molecule has 0 saturated carbocycles. The van der Waals surface area contributed by atoms with Crippen LogP contribution >= 0.6 is 27.5 Å². The smallest absolute Gasteiger partial charge is 0.263 e. The first kappa shape index (κ1) is 18.0. The van der Waals surface area contributed by atoms with Crippen LogP contribution in [0.25, 0.3) is 5.65 Å². The van der Waals surface area contributed by atoms with Crippen molar-refractivity contribution in [3.05, 3.63) is 73.2 Å². The van der Waals surface area contributed by atoms with Gasteiger partial charge >= 0.3 is 0 Å². The minimum absolute atomic E-state index is 0.165. The number of nitrogens with zero attached hydrogens (tertiary/aromatic N) is 3. The Morgan fingerprint density at radius 3 is 2.89 bits per heavy atom. The second-order valence-corrected chi connectivity index (χ2v) is 7.53. The molecule has 0 bridgehead atoms. The Kier molecular flexibility index (Phi) is 4.65. The summed E-state index contributed by atoms with van der Waals surface area (Å²) in [6.07, 6.45) is 2.07. The summed E-state index contributed by atoms with van der Waals surface area (Å²) in [6, 6.07) is 8.66. The summed E-state index contributed by atoms with van der Waals surface area (Å²) >= 11 is 9.43. The number of hydrogen-bond acceptors (Lipinski definition) is 4. The maximum absolute atomic E-state index is 13.0. The molecule has 6 nitrogen and oxygen atoms in total. The van der Waals surface area contributed by atoms with Gasteiger partial charge in [-0.15, -0.1) is 0 Å². The number of amides is 1. The van der Waals surface area contributed by atoms with Crippen molar-refractivity contribution in [3.8, 4) is 5.75 Å². The Labute approximate surface area is 168 Å². The molecule has 1 amide bonds. The lowest BCUT2D eigenvalue weighted by atomic mass is 10.1. The molecule has 0 radical (unpaired) electrons. The van der Waals surface area contributed by atoms with Crippen molar-refractivity contribution in [3.63, 3.8) is 0 Å². The molecule has 0 fully saturated rings. The molecule has 4 rings (SSSR count). The maximum Gasteiger partial charge on any atom is 0.263 e. The molecule has 1 aliphatic rings. The molecule has 0 N–H and O–H groups in total. The van der Waals surface area contributed by atoms with E-state index in [1.54, 1.807) is 48.5 Å². The van der Waals surface area contributed by atoms with Crippen molar-refractivity contribution >= 4 is 39.1 Å². The van der Waals surface area contributed by atoms with Crippen molar-refractivity contribution in [1.82, 2.24) is 14.3 Å². The van der Waals surface area contributed by atoms with Crippen LogP contribution in [0.15, 0.2) is 45.8 Å². The Morgan fingerprint density at radius 1 is 1.30 bits per heavy atom. The standard InChI is InChI=1S/C19H15BrClN3O3/c1-27-12-3-4-15(20)13(8-12)18(25)23-7-6-16-14(10-23)19(26)24-9-11(21)2-5-17(24)22-16/h2-5,8-9H,6-7,10H2,1H3. The van der Waals surface area contributed by atoms with Crippen LogP contribution in [0, 0.1) is 0 Å². The van der Waals surface area contributed by atoms with E-state index < -0.39 is 0 Å². The van der Waals surface area contributed by atoms with Crippen LogP contribution in [-0.2, 0) is 13.0 Å². The van der Waals surface area contributed by atoms with Crippen LogP contribution < -0.4 is 10.3 Å². The first-order chi connectivity index (χ1) is 13.0. The summed E-state index contributed by atoms with van der Waals surface area (Å²) in [5, 5.41) is 0.454. The van der Waals surface area contributed by atoms with E-state index in [-0.39, 0.29) is 18.0 Å². The number of methoxy groups -OCH3 is 1. The Balaban J connectivity index is 1.72. The molecular formula is C19H15BrClN3O3. The van der Waals surface area contributed by atoms with E-state index in [1.807, 2.05) is 0 Å². The predicted molar refractivity (Wildman–Crippen MR) is 106 cm³/mol. The molecule has 3 heterocycles. The Hall–Kier alpha value is -2.38. The highest BCUT2D eigenvalue weighted by Crippen LogP contribution is 2.26. The lowest BCUT2D eigenvalue weighted by molar-refractivity contribution is 0.0731. The summed E-state index contributed by atoms with van der Waals surface area (Å²) in [7, 11) is 1.55. The van der Waals surface area contributed by atoms with E-state index in [4.69, 9.17) is 16.3 Å². The second-order valence-electron chi connectivity index (χ2n) is 6.24. The minimum Gasteiger partial charge on any atom is -0.497 e. The van der Waals surface area contributed by atoms with Gasteiger partial charge in [0.1, 0.15) is 11.4 Å². The van der Waals surface area contributed by atoms with Crippen molar-refractivity contribution in [1.29, 1.82) is 0 Å². The topological polar surface area (TPSA) is 63.9 Å². The normalized spacial score (nSPS) is 13.5. The van der Waals surface area contributed by atoms with Crippen molar-refractivity contribution in [2.24, 2.45) is 0 Å². The van der Waals surface area contributed by atoms with E-state index in [1.165, 1.54) is 4.40 Å². The number of benzene rings is 1. The van der Waals surface area contributed by atoms with Gasteiger partial charge in [-0.05, 0) is 46.3 Å². The van der Waals surface area contributed by atoms with Gasteiger partial charge in [0.2, 0.25) is 0 Å². The summed E-state index contributed by atoms with van der Waals surface area (Å²) in [4.78, 5) is 32.1. The van der Waals surface area contributed by atoms with Gasteiger partial charge < -0.3 is 9.64 Å². The van der Waals surface area contributed by atoms with Crippen LogP contribution in [0.3, 0.4) is 0 Å². The molecular weight excluding hydrogens is 434 g/mol. The first-order valence-corrected chi connectivity index (χ1v) is 9.47. The molecule has 138 valence electrons. The third-order valence-corrected chi connectivity index (χ3v) is 5.54. The van der Waals surface area contributed by atoms with E-state index >= 15 is 0 Å². The molecule has 0 aliphatic carbocycles. The van der Waals surface area contributed by atoms with E-state index in [2.05, 4.69) is 20.9 Å². The maximum atomic E-state index is 13.0. The number of fused-ring (bicyclic) bond motifs is 2. The number of halogens is 2. The number of pyridine rings is 1. The number of aromatic nitrogens is 2. The van der Waals surface area contributed by atoms with Gasteiger partial charge in [0.25, 0.3) is 11.5 Å². The third-order valence-electron chi connectivity index (χ3n) is 4.62. The highest BCUT2D eigenvalue weighted by atomic mass is 79.9. The monoisotopic (exact) mass is 447 g/mol. The quantitative estimate of drug-likeness (QED) is 0.603. The van der Waals surface area contributed by atoms with Gasteiger partial charge in [0, 0.05) is 23.6 Å². The summed E-state index contributed by atoms with van der Waals surface area (Å²) < 4.78 is 7.32. The average Bonchev–Trinajstić information content (AvgIpc) is 2.68. The number of rotatable bonds is 2. The fourth-order valence-corrected chi connectivity index (χ4v) is 3.79. The number of hydrogen-bond donors (Lipinski definition) is 0. The van der Waals surface area contributed by atoms with Gasteiger partial charge in [-0.25, -0.2) is 4.98 Å². The zero-order valence-electron chi connectivity index (χ0n) is 14.4. The molecule has 1 aliphatic heterocycles. The fraction of sp³-hybridized carbons (Fsp3) is 0.211. The molecule has 0 atom stereocenters. The molecule has 27 heavy (non-hydrogen) atoms. The van der Waals surface area contributed by atoms with Crippen LogP contribution in [0.1, 0.15) is 21.6 Å². The van der Waals surface area contributed by atoms with Crippen molar-refractivity contribution < 1.29 is 9.53 Å². The molecule has 0 spiro atoms. The molecule has 8 heteroatoms. The van der Waals surface area contributed by atoms with E-state index in [0.29, 0.717) is 45.0 Å². The van der Waals surface area contributed by atoms with Crippen molar-refractivity contribution in [2.75, 3.05) is 13.7 Å². The summed E-state index contributed by atoms with van der Waals surface area (Å²) in [6.45, 7) is 0.699. The number of carbonyl (C=O) groups excluding carboxylic acids is 1. The predicted octanol–water partition coefficient (Wildman–Crippen LogP) is 3.32. The van der Waals surface area contributed by atoms with Crippen LogP contribution in [0.4, 0.5) is 0 Å². The van der Waals surface area contributed by atoms with Crippen LogP contribution in [0.5, 0.6) is 5.75 Å². The summed E-state index contributed by atoms with van der Waals surface area (Å²) in [5.74, 6) is 0.434. The Bertz CT molecular complexity index is 1130. The SMILES string of the molecule is COc1ccc(Br)c(C(=O)N2CCc3nc4ccc(Cl)cn4c(=O)c3C2)c1. The average molecular weight is 449 g/mol. The summed E-state index contributed by atoms with van der Waals surface area (Å²) in [5.41, 5.74) is 2.11. The zero-order chi connectivity index (χ0) is 19.1. The highest BCUT2D eigenvalue weighted by molar-refractivity contribution is 9.10. The molecule has 3 aromatic rings. The minimum atomic E-state index is -0.195. The largest absolute Gasteiger partial charge is 0.497 e. The fourth-order valence-electron chi connectivity index (χ4n) is 3.21. The molecule has 0 unspecified atom stereocenters. The van der Waals surface area contributed by atoms with Crippen molar-refractivity contribution in [2.45, 2.75) is 13.0 Å². The zero-order valence-corrected chi connectivity index (χ0v) is 16.7. The van der Waals surface area contributed by atoms with Crippen LogP contribution in [0.2, 0.25) is 5.02 Å². The van der Waals surface area contributed by atoms with Gasteiger partial charge in [0.15, 0.2) is 0 Å². The molecule has 1 aromatic carbocycles.